The standard InChI is InChI=1S/C23H26N2O5S/c1-17(16-29-2)25-31(27,28)21-12-8-19(9-13-21)24-23(26)15-11-20-10-14-22(30-20)18-6-4-3-5-7-18/h3-10,12-14,17,25H,11,15-16H2,1-2H3,(H,24,26). The second-order valence-corrected chi connectivity index (χ2v) is 8.90. The first-order valence-corrected chi connectivity index (χ1v) is 11.4. The number of benzene rings is 2. The van der Waals surface area contributed by atoms with Crippen LogP contribution in [0.5, 0.6) is 0 Å². The highest BCUT2D eigenvalue weighted by Crippen LogP contribution is 2.22. The van der Waals surface area contributed by atoms with Crippen LogP contribution in [0.3, 0.4) is 0 Å². The van der Waals surface area contributed by atoms with E-state index in [2.05, 4.69) is 10.0 Å². The lowest BCUT2D eigenvalue weighted by Crippen LogP contribution is -2.35. The normalized spacial score (nSPS) is 12.5. The smallest absolute Gasteiger partial charge is 0.240 e. The van der Waals surface area contributed by atoms with E-state index in [4.69, 9.17) is 9.15 Å². The van der Waals surface area contributed by atoms with Gasteiger partial charge in [-0.25, -0.2) is 13.1 Å². The lowest BCUT2D eigenvalue weighted by atomic mass is 10.2. The molecule has 3 rings (SSSR count). The lowest BCUT2D eigenvalue weighted by molar-refractivity contribution is -0.116. The van der Waals surface area contributed by atoms with E-state index >= 15 is 0 Å². The Morgan fingerprint density at radius 1 is 1.03 bits per heavy atom. The van der Waals surface area contributed by atoms with Gasteiger partial charge in [-0.1, -0.05) is 30.3 Å². The summed E-state index contributed by atoms with van der Waals surface area (Å²) in [6.45, 7) is 1.99. The van der Waals surface area contributed by atoms with Gasteiger partial charge in [-0.2, -0.15) is 0 Å². The zero-order chi connectivity index (χ0) is 22.3. The first-order valence-electron chi connectivity index (χ1n) is 9.92. The van der Waals surface area contributed by atoms with Gasteiger partial charge >= 0.3 is 0 Å². The van der Waals surface area contributed by atoms with Crippen LogP contribution >= 0.6 is 0 Å². The van der Waals surface area contributed by atoms with Gasteiger partial charge in [-0.05, 0) is 43.3 Å². The molecule has 0 fully saturated rings. The topological polar surface area (TPSA) is 97.6 Å². The van der Waals surface area contributed by atoms with E-state index < -0.39 is 10.0 Å². The van der Waals surface area contributed by atoms with Crippen molar-refractivity contribution in [2.24, 2.45) is 0 Å². The number of hydrogen-bond acceptors (Lipinski definition) is 5. The summed E-state index contributed by atoms with van der Waals surface area (Å²) in [7, 11) is -2.14. The average molecular weight is 443 g/mol. The zero-order valence-electron chi connectivity index (χ0n) is 17.5. The maximum Gasteiger partial charge on any atom is 0.240 e. The summed E-state index contributed by atoms with van der Waals surface area (Å²) in [5.74, 6) is 1.31. The molecule has 0 aliphatic heterocycles. The van der Waals surface area contributed by atoms with Crippen molar-refractivity contribution in [1.82, 2.24) is 4.72 Å². The third-order valence-electron chi connectivity index (χ3n) is 4.54. The summed E-state index contributed by atoms with van der Waals surface area (Å²) in [6, 6.07) is 19.2. The number of carbonyl (C=O) groups excluding carboxylic acids is 1. The van der Waals surface area contributed by atoms with Crippen LogP contribution < -0.4 is 10.0 Å². The fraction of sp³-hybridized carbons (Fsp3) is 0.261. The minimum atomic E-state index is -3.65. The van der Waals surface area contributed by atoms with Crippen molar-refractivity contribution >= 4 is 21.6 Å². The molecule has 0 bridgehead atoms. The number of sulfonamides is 1. The van der Waals surface area contributed by atoms with Gasteiger partial charge in [0.25, 0.3) is 0 Å². The largest absolute Gasteiger partial charge is 0.461 e. The van der Waals surface area contributed by atoms with Crippen LogP contribution in [0.25, 0.3) is 11.3 Å². The number of carbonyl (C=O) groups is 1. The van der Waals surface area contributed by atoms with Gasteiger partial charge in [0.05, 0.1) is 11.5 Å². The zero-order valence-corrected chi connectivity index (χ0v) is 18.3. The number of hydrogen-bond donors (Lipinski definition) is 2. The Balaban J connectivity index is 1.52. The Hall–Kier alpha value is -2.94. The third-order valence-corrected chi connectivity index (χ3v) is 6.15. The Morgan fingerprint density at radius 3 is 2.42 bits per heavy atom. The summed E-state index contributed by atoms with van der Waals surface area (Å²) in [5, 5.41) is 2.77. The number of amides is 1. The average Bonchev–Trinajstić information content (AvgIpc) is 3.22. The fourth-order valence-corrected chi connectivity index (χ4v) is 4.29. The van der Waals surface area contributed by atoms with E-state index in [0.717, 1.165) is 17.1 Å². The van der Waals surface area contributed by atoms with Gasteiger partial charge in [0.1, 0.15) is 11.5 Å². The summed E-state index contributed by atoms with van der Waals surface area (Å²) >= 11 is 0. The van der Waals surface area contributed by atoms with Crippen molar-refractivity contribution in [3.8, 4) is 11.3 Å². The number of ether oxygens (including phenoxy) is 1. The summed E-state index contributed by atoms with van der Waals surface area (Å²) in [5.41, 5.74) is 1.51. The summed E-state index contributed by atoms with van der Waals surface area (Å²) in [6.07, 6.45) is 0.713. The molecule has 2 N–H and O–H groups in total. The second-order valence-electron chi connectivity index (χ2n) is 7.18. The van der Waals surface area contributed by atoms with Gasteiger partial charge in [-0.3, -0.25) is 4.79 Å². The van der Waals surface area contributed by atoms with Crippen LogP contribution in [0, 0.1) is 0 Å². The number of methoxy groups -OCH3 is 1. The Bertz CT molecular complexity index is 1090. The van der Waals surface area contributed by atoms with Crippen LogP contribution in [0.4, 0.5) is 5.69 Å². The Kier molecular flexibility index (Phi) is 7.62. The third kappa shape index (κ3) is 6.52. The van der Waals surface area contributed by atoms with Gasteiger partial charge in [0.15, 0.2) is 0 Å². The molecular weight excluding hydrogens is 416 g/mol. The van der Waals surface area contributed by atoms with Gasteiger partial charge in [0.2, 0.25) is 15.9 Å². The van der Waals surface area contributed by atoms with E-state index in [0.29, 0.717) is 12.1 Å². The van der Waals surface area contributed by atoms with E-state index in [1.165, 1.54) is 19.2 Å². The minimum absolute atomic E-state index is 0.123. The lowest BCUT2D eigenvalue weighted by Gasteiger charge is -2.13. The molecule has 2 aromatic carbocycles. The van der Waals surface area contributed by atoms with Crippen molar-refractivity contribution in [2.75, 3.05) is 19.0 Å². The summed E-state index contributed by atoms with van der Waals surface area (Å²) in [4.78, 5) is 12.4. The first kappa shape index (κ1) is 22.7. The summed E-state index contributed by atoms with van der Waals surface area (Å²) < 4.78 is 38.0. The van der Waals surface area contributed by atoms with E-state index in [-0.39, 0.29) is 29.9 Å². The van der Waals surface area contributed by atoms with Crippen LogP contribution in [-0.4, -0.2) is 34.1 Å². The molecule has 0 radical (unpaired) electrons. The number of rotatable bonds is 10. The van der Waals surface area contributed by atoms with Crippen molar-refractivity contribution in [3.63, 3.8) is 0 Å². The molecule has 0 saturated heterocycles. The number of aryl methyl sites for hydroxylation is 1. The molecule has 7 nitrogen and oxygen atoms in total. The van der Waals surface area contributed by atoms with Crippen molar-refractivity contribution in [1.29, 1.82) is 0 Å². The van der Waals surface area contributed by atoms with Crippen molar-refractivity contribution in [3.05, 3.63) is 72.5 Å². The minimum Gasteiger partial charge on any atom is -0.461 e. The van der Waals surface area contributed by atoms with E-state index in [9.17, 15) is 13.2 Å². The van der Waals surface area contributed by atoms with Crippen molar-refractivity contribution in [2.45, 2.75) is 30.7 Å². The molecule has 31 heavy (non-hydrogen) atoms. The molecular formula is C23H26N2O5S. The molecule has 164 valence electrons. The molecule has 1 atom stereocenters. The SMILES string of the molecule is COCC(C)NS(=O)(=O)c1ccc(NC(=O)CCc2ccc(-c3ccccc3)o2)cc1. The Morgan fingerprint density at radius 2 is 1.74 bits per heavy atom. The molecule has 0 aliphatic rings. The number of nitrogens with one attached hydrogen (secondary N) is 2. The maximum atomic E-state index is 12.4. The molecule has 1 amide bonds. The van der Waals surface area contributed by atoms with Crippen LogP contribution in [0.1, 0.15) is 19.1 Å². The molecule has 3 aromatic rings. The molecule has 0 spiro atoms. The second kappa shape index (κ2) is 10.4. The number of anilines is 1. The highest BCUT2D eigenvalue weighted by atomic mass is 32.2. The maximum absolute atomic E-state index is 12.4. The van der Waals surface area contributed by atoms with Gasteiger partial charge in [-0.15, -0.1) is 0 Å². The fourth-order valence-electron chi connectivity index (χ4n) is 3.06. The molecule has 8 heteroatoms. The molecule has 1 unspecified atom stereocenters. The predicted octanol–water partition coefficient (Wildman–Crippen LogP) is 3.83. The highest BCUT2D eigenvalue weighted by Gasteiger charge is 2.17. The molecule has 0 aliphatic carbocycles. The predicted molar refractivity (Wildman–Crippen MR) is 119 cm³/mol. The monoisotopic (exact) mass is 442 g/mol. The molecule has 1 aromatic heterocycles. The van der Waals surface area contributed by atoms with Crippen LogP contribution in [0.2, 0.25) is 0 Å². The van der Waals surface area contributed by atoms with E-state index in [1.54, 1.807) is 19.1 Å². The van der Waals surface area contributed by atoms with Crippen molar-refractivity contribution < 1.29 is 22.4 Å². The molecule has 0 saturated carbocycles. The van der Waals surface area contributed by atoms with Crippen LogP contribution in [-0.2, 0) is 26.0 Å². The Labute approximate surface area is 182 Å². The van der Waals surface area contributed by atoms with E-state index in [1.807, 2.05) is 42.5 Å². The van der Waals surface area contributed by atoms with Gasteiger partial charge in [0, 0.05) is 37.2 Å². The molecule has 1 heterocycles. The quantitative estimate of drug-likeness (QED) is 0.497. The van der Waals surface area contributed by atoms with Gasteiger partial charge < -0.3 is 14.5 Å². The number of furan rings is 1. The van der Waals surface area contributed by atoms with Crippen LogP contribution in [0.15, 0.2) is 76.0 Å². The highest BCUT2D eigenvalue weighted by molar-refractivity contribution is 7.89. The first-order chi connectivity index (χ1) is 14.9.